The molecule has 0 saturated heterocycles. The van der Waals surface area contributed by atoms with E-state index in [0.29, 0.717) is 18.4 Å². The van der Waals surface area contributed by atoms with Crippen LogP contribution in [0, 0.1) is 0 Å². The minimum atomic E-state index is -5.11. The van der Waals surface area contributed by atoms with Crippen molar-refractivity contribution in [2.45, 2.75) is 31.7 Å². The maximum absolute atomic E-state index is 13.5. The van der Waals surface area contributed by atoms with Gasteiger partial charge in [0.25, 0.3) is 0 Å². The number of aldehydes is 1. The Balaban J connectivity index is 1.92. The molecule has 0 radical (unpaired) electrons. The highest BCUT2D eigenvalue weighted by atomic mass is 19.4. The van der Waals surface area contributed by atoms with Crippen LogP contribution < -0.4 is 4.74 Å². The average molecular weight is 593 g/mol. The molecule has 1 amide bonds. The Morgan fingerprint density at radius 1 is 0.780 bits per heavy atom. The van der Waals surface area contributed by atoms with E-state index < -0.39 is 60.0 Å². The van der Waals surface area contributed by atoms with E-state index in [0.717, 1.165) is 30.1 Å². The van der Waals surface area contributed by atoms with Crippen LogP contribution in [0.4, 0.5) is 44.3 Å². The molecule has 0 aromatic heterocycles. The largest absolute Gasteiger partial charge is 0.496 e. The second-order valence-electron chi connectivity index (χ2n) is 8.77. The van der Waals surface area contributed by atoms with Crippen molar-refractivity contribution in [2.75, 3.05) is 14.2 Å². The van der Waals surface area contributed by atoms with E-state index >= 15 is 0 Å². The Bertz CT molecular complexity index is 1400. The number of nitrogens with zero attached hydrogens (tertiary/aromatic N) is 1. The van der Waals surface area contributed by atoms with Crippen molar-refractivity contribution in [2.24, 2.45) is 0 Å². The zero-order chi connectivity index (χ0) is 30.8. The van der Waals surface area contributed by atoms with Crippen LogP contribution in [0.15, 0.2) is 54.6 Å². The topological polar surface area (TPSA) is 55.8 Å². The van der Waals surface area contributed by atoms with Crippen LogP contribution in [0.1, 0.15) is 38.2 Å². The van der Waals surface area contributed by atoms with Gasteiger partial charge in [-0.05, 0) is 65.2 Å². The van der Waals surface area contributed by atoms with Gasteiger partial charge in [-0.15, -0.1) is 0 Å². The first-order valence-electron chi connectivity index (χ1n) is 11.4. The molecule has 220 valence electrons. The van der Waals surface area contributed by atoms with Crippen LogP contribution in [0.5, 0.6) is 5.75 Å². The Hall–Kier alpha value is -4.23. The van der Waals surface area contributed by atoms with Crippen molar-refractivity contribution in [3.05, 3.63) is 88.0 Å². The number of methoxy groups -OCH3 is 1. The highest BCUT2D eigenvalue weighted by molar-refractivity contribution is 5.83. The van der Waals surface area contributed by atoms with Crippen LogP contribution in [-0.4, -0.2) is 31.4 Å². The molecule has 41 heavy (non-hydrogen) atoms. The van der Waals surface area contributed by atoms with Crippen LogP contribution in [0.3, 0.4) is 0 Å². The molecular weight excluding hydrogens is 573 g/mol. The maximum atomic E-state index is 13.5. The fourth-order valence-corrected chi connectivity index (χ4v) is 3.85. The lowest BCUT2D eigenvalue weighted by Crippen LogP contribution is -2.27. The normalized spacial score (nSPS) is 12.2. The van der Waals surface area contributed by atoms with Gasteiger partial charge in [0.05, 0.1) is 23.8 Å². The van der Waals surface area contributed by atoms with E-state index in [-0.39, 0.29) is 34.1 Å². The second-order valence-corrected chi connectivity index (χ2v) is 8.77. The Kier molecular flexibility index (Phi) is 8.94. The van der Waals surface area contributed by atoms with Crippen molar-refractivity contribution in [1.82, 2.24) is 4.90 Å². The van der Waals surface area contributed by atoms with Gasteiger partial charge in [0.15, 0.2) is 0 Å². The summed E-state index contributed by atoms with van der Waals surface area (Å²) in [6.45, 7) is -1.51. The zero-order valence-electron chi connectivity index (χ0n) is 21.2. The molecular formula is C27H20F9NO4. The number of carbonyl (C=O) groups is 2. The van der Waals surface area contributed by atoms with Gasteiger partial charge in [-0.3, -0.25) is 4.79 Å². The summed E-state index contributed by atoms with van der Waals surface area (Å²) in [7, 11) is 2.41. The quantitative estimate of drug-likeness (QED) is 0.206. The van der Waals surface area contributed by atoms with Crippen molar-refractivity contribution >= 4 is 12.4 Å². The lowest BCUT2D eigenvalue weighted by Gasteiger charge is -2.21. The average Bonchev–Trinajstić information content (AvgIpc) is 2.89. The van der Waals surface area contributed by atoms with E-state index in [9.17, 15) is 49.1 Å². The molecule has 0 fully saturated rings. The molecule has 0 aliphatic heterocycles. The summed E-state index contributed by atoms with van der Waals surface area (Å²) in [4.78, 5) is 24.7. The first-order valence-corrected chi connectivity index (χ1v) is 11.4. The molecule has 0 saturated carbocycles. The van der Waals surface area contributed by atoms with E-state index in [4.69, 9.17) is 9.47 Å². The van der Waals surface area contributed by atoms with E-state index in [2.05, 4.69) is 0 Å². The molecule has 0 aliphatic rings. The lowest BCUT2D eigenvalue weighted by atomic mass is 9.95. The highest BCUT2D eigenvalue weighted by Crippen LogP contribution is 2.38. The van der Waals surface area contributed by atoms with Gasteiger partial charge in [-0.2, -0.15) is 39.5 Å². The summed E-state index contributed by atoms with van der Waals surface area (Å²) in [5.74, 6) is 0.201. The third kappa shape index (κ3) is 7.70. The first kappa shape index (κ1) is 31.3. The monoisotopic (exact) mass is 593 g/mol. The third-order valence-electron chi connectivity index (χ3n) is 5.81. The van der Waals surface area contributed by atoms with Crippen molar-refractivity contribution < 1.29 is 58.6 Å². The van der Waals surface area contributed by atoms with Crippen molar-refractivity contribution in [1.29, 1.82) is 0 Å². The van der Waals surface area contributed by atoms with Crippen molar-refractivity contribution in [3.8, 4) is 16.9 Å². The minimum Gasteiger partial charge on any atom is -0.496 e. The molecule has 0 atom stereocenters. The number of halogens is 9. The number of ether oxygens (including phenoxy) is 2. The van der Waals surface area contributed by atoms with E-state index in [1.54, 1.807) is 0 Å². The van der Waals surface area contributed by atoms with Gasteiger partial charge >= 0.3 is 24.6 Å². The molecule has 0 spiro atoms. The fraction of sp³-hybridized carbons (Fsp3) is 0.259. The van der Waals surface area contributed by atoms with E-state index in [1.807, 2.05) is 0 Å². The van der Waals surface area contributed by atoms with Crippen LogP contribution >= 0.6 is 0 Å². The number of alkyl halides is 9. The molecule has 0 heterocycles. The maximum Gasteiger partial charge on any atom is 0.416 e. The van der Waals surface area contributed by atoms with Gasteiger partial charge in [0.2, 0.25) is 0 Å². The molecule has 3 aromatic carbocycles. The Labute approximate surface area is 227 Å². The summed E-state index contributed by atoms with van der Waals surface area (Å²) < 4.78 is 129. The third-order valence-corrected chi connectivity index (χ3v) is 5.81. The number of hydrogen-bond donors (Lipinski definition) is 0. The highest BCUT2D eigenvalue weighted by Gasteiger charge is 2.37. The number of rotatable bonds is 7. The van der Waals surface area contributed by atoms with Crippen LogP contribution in [0.25, 0.3) is 11.1 Å². The van der Waals surface area contributed by atoms with E-state index in [1.165, 1.54) is 25.3 Å². The SMILES string of the molecule is COc1ccc(C=O)cc1-c1ccc(C(F)(F)F)cc1CN(C)C(=O)OCc1cc(C(F)(F)F)cc(C(F)(F)F)c1. The second kappa shape index (κ2) is 11.7. The number of benzene rings is 3. The molecule has 3 aromatic rings. The predicted molar refractivity (Wildman–Crippen MR) is 127 cm³/mol. The summed E-state index contributed by atoms with van der Waals surface area (Å²) in [6.07, 6.45) is -15.7. The first-order chi connectivity index (χ1) is 18.9. The lowest BCUT2D eigenvalue weighted by molar-refractivity contribution is -0.143. The molecule has 3 rings (SSSR count). The zero-order valence-corrected chi connectivity index (χ0v) is 21.2. The predicted octanol–water partition coefficient (Wildman–Crippen LogP) is 8.00. The standard InChI is InChI=1S/C27H20F9NO4/c1-37(24(39)41-14-16-7-19(26(31,32)33)11-20(8-16)27(34,35)36)12-17-10-18(25(28,29)30)4-5-21(17)22-9-15(13-38)3-6-23(22)40-2/h3-11,13H,12,14H2,1-2H3. The molecule has 14 heteroatoms. The minimum absolute atomic E-state index is 0.0703. The number of carbonyl (C=O) groups excluding carboxylic acids is 2. The summed E-state index contributed by atoms with van der Waals surface area (Å²) in [5.41, 5.74) is -4.38. The summed E-state index contributed by atoms with van der Waals surface area (Å²) >= 11 is 0. The van der Waals surface area contributed by atoms with Gasteiger partial charge in [-0.25, -0.2) is 4.79 Å². The number of hydrogen-bond acceptors (Lipinski definition) is 4. The summed E-state index contributed by atoms with van der Waals surface area (Å²) in [5, 5.41) is 0. The Morgan fingerprint density at radius 3 is 1.88 bits per heavy atom. The van der Waals surface area contributed by atoms with Crippen LogP contribution in [0.2, 0.25) is 0 Å². The summed E-state index contributed by atoms with van der Waals surface area (Å²) in [6, 6.07) is 7.56. The molecule has 0 unspecified atom stereocenters. The van der Waals surface area contributed by atoms with Crippen LogP contribution in [-0.2, 0) is 36.4 Å². The van der Waals surface area contributed by atoms with Gasteiger partial charge in [0, 0.05) is 24.7 Å². The molecule has 0 N–H and O–H groups in total. The smallest absolute Gasteiger partial charge is 0.416 e. The fourth-order valence-electron chi connectivity index (χ4n) is 3.85. The van der Waals surface area contributed by atoms with Crippen molar-refractivity contribution in [3.63, 3.8) is 0 Å². The molecule has 0 aliphatic carbocycles. The Morgan fingerprint density at radius 2 is 1.37 bits per heavy atom. The van der Waals surface area contributed by atoms with Gasteiger partial charge < -0.3 is 14.4 Å². The molecule has 0 bridgehead atoms. The molecule has 5 nitrogen and oxygen atoms in total. The van der Waals surface area contributed by atoms with Gasteiger partial charge in [-0.1, -0.05) is 6.07 Å². The number of amides is 1. The van der Waals surface area contributed by atoms with Gasteiger partial charge in [0.1, 0.15) is 18.6 Å².